The summed E-state index contributed by atoms with van der Waals surface area (Å²) < 4.78 is 0. The molecule has 0 aliphatic heterocycles. The maximum atomic E-state index is 11.7. The first-order valence-corrected chi connectivity index (χ1v) is 6.49. The van der Waals surface area contributed by atoms with Gasteiger partial charge in [0.05, 0.1) is 6.42 Å². The van der Waals surface area contributed by atoms with E-state index in [9.17, 15) is 4.79 Å². The van der Waals surface area contributed by atoms with Gasteiger partial charge in [0.2, 0.25) is 0 Å². The highest BCUT2D eigenvalue weighted by Gasteiger charge is 2.03. The molecule has 0 atom stereocenters. The minimum atomic E-state index is 0.0566. The zero-order chi connectivity index (χ0) is 13.0. The third-order valence-corrected chi connectivity index (χ3v) is 3.36. The van der Waals surface area contributed by atoms with Crippen LogP contribution in [0, 0.1) is 6.92 Å². The Hall–Kier alpha value is -1.94. The highest BCUT2D eigenvalue weighted by molar-refractivity contribution is 7.09. The Morgan fingerprint density at radius 1 is 1.39 bits per heavy atom. The molecule has 0 radical (unpaired) electrons. The van der Waals surface area contributed by atoms with Gasteiger partial charge in [-0.3, -0.25) is 4.79 Å². The number of hydrogen-bond donors (Lipinski definition) is 1. The Balaban J connectivity index is 1.96. The van der Waals surface area contributed by atoms with E-state index in [-0.39, 0.29) is 5.78 Å². The molecule has 0 unspecified atom stereocenters. The summed E-state index contributed by atoms with van der Waals surface area (Å²) in [4.78, 5) is 16.0. The lowest BCUT2D eigenvalue weighted by Crippen LogP contribution is -1.97. The van der Waals surface area contributed by atoms with Gasteiger partial charge >= 0.3 is 0 Å². The fourth-order valence-corrected chi connectivity index (χ4v) is 2.27. The quantitative estimate of drug-likeness (QED) is 0.677. The number of benzene rings is 1. The summed E-state index contributed by atoms with van der Waals surface area (Å²) in [7, 11) is 0. The molecule has 0 fully saturated rings. The number of hydrogen-bond acceptors (Lipinski definition) is 4. The van der Waals surface area contributed by atoms with Crippen molar-refractivity contribution in [1.29, 1.82) is 0 Å². The Morgan fingerprint density at radius 3 is 2.72 bits per heavy atom. The normalized spacial score (nSPS) is 10.9. The average molecular weight is 258 g/mol. The van der Waals surface area contributed by atoms with Crippen LogP contribution in [0.1, 0.15) is 16.3 Å². The first kappa shape index (κ1) is 12.5. The molecule has 2 N–H and O–H groups in total. The van der Waals surface area contributed by atoms with Gasteiger partial charge in [-0.15, -0.1) is 11.3 Å². The summed E-state index contributed by atoms with van der Waals surface area (Å²) in [5, 5.41) is 2.81. The molecule has 2 rings (SSSR count). The minimum Gasteiger partial charge on any atom is -0.399 e. The SMILES string of the molecule is Cc1csc(CC(=O)/C=C/c2ccc(N)cc2)n1. The van der Waals surface area contributed by atoms with Gasteiger partial charge in [-0.05, 0) is 30.7 Å². The summed E-state index contributed by atoms with van der Waals surface area (Å²) in [6, 6.07) is 7.39. The molecule has 3 nitrogen and oxygen atoms in total. The van der Waals surface area contributed by atoms with Gasteiger partial charge in [0, 0.05) is 16.8 Å². The molecule has 1 aromatic carbocycles. The van der Waals surface area contributed by atoms with Crippen molar-refractivity contribution in [2.75, 3.05) is 5.73 Å². The highest BCUT2D eigenvalue weighted by Crippen LogP contribution is 2.11. The topological polar surface area (TPSA) is 56.0 Å². The van der Waals surface area contributed by atoms with Crippen LogP contribution in [-0.2, 0) is 11.2 Å². The molecule has 2 aromatic rings. The van der Waals surface area contributed by atoms with Crippen molar-refractivity contribution < 1.29 is 4.79 Å². The standard InChI is InChI=1S/C14H14N2OS/c1-10-9-18-14(16-10)8-13(17)7-4-11-2-5-12(15)6-3-11/h2-7,9H,8,15H2,1H3/b7-4+. The smallest absolute Gasteiger partial charge is 0.162 e. The zero-order valence-electron chi connectivity index (χ0n) is 10.1. The number of aryl methyl sites for hydroxylation is 1. The Morgan fingerprint density at radius 2 is 2.11 bits per heavy atom. The number of ketones is 1. The maximum Gasteiger partial charge on any atom is 0.162 e. The molecule has 92 valence electrons. The monoisotopic (exact) mass is 258 g/mol. The van der Waals surface area contributed by atoms with Crippen molar-refractivity contribution >= 4 is 28.9 Å². The van der Waals surface area contributed by atoms with E-state index in [1.54, 1.807) is 12.2 Å². The molecule has 0 spiro atoms. The molecule has 0 amide bonds. The third-order valence-electron chi connectivity index (χ3n) is 2.39. The van der Waals surface area contributed by atoms with Crippen LogP contribution in [0.4, 0.5) is 5.69 Å². The van der Waals surface area contributed by atoms with Crippen molar-refractivity contribution in [3.63, 3.8) is 0 Å². The van der Waals surface area contributed by atoms with Gasteiger partial charge in [-0.2, -0.15) is 0 Å². The van der Waals surface area contributed by atoms with Crippen molar-refractivity contribution in [3.05, 3.63) is 52.0 Å². The van der Waals surface area contributed by atoms with Crippen LogP contribution in [0.5, 0.6) is 0 Å². The molecule has 0 saturated carbocycles. The number of nitrogen functional groups attached to an aromatic ring is 1. The number of rotatable bonds is 4. The fraction of sp³-hybridized carbons (Fsp3) is 0.143. The lowest BCUT2D eigenvalue weighted by atomic mass is 10.1. The molecule has 0 bridgehead atoms. The van der Waals surface area contributed by atoms with Gasteiger partial charge in [0.15, 0.2) is 5.78 Å². The van der Waals surface area contributed by atoms with Gasteiger partial charge in [-0.1, -0.05) is 18.2 Å². The summed E-state index contributed by atoms with van der Waals surface area (Å²) in [6.07, 6.45) is 3.74. The Bertz CT molecular complexity index is 570. The van der Waals surface area contributed by atoms with E-state index in [4.69, 9.17) is 5.73 Å². The van der Waals surface area contributed by atoms with Crippen molar-refractivity contribution in [2.45, 2.75) is 13.3 Å². The van der Waals surface area contributed by atoms with E-state index in [0.717, 1.165) is 22.0 Å². The van der Waals surface area contributed by atoms with Crippen molar-refractivity contribution in [2.24, 2.45) is 0 Å². The van der Waals surface area contributed by atoms with E-state index < -0.39 is 0 Å². The number of thiazole rings is 1. The zero-order valence-corrected chi connectivity index (χ0v) is 10.9. The Labute approximate surface area is 110 Å². The van der Waals surface area contributed by atoms with Gasteiger partial charge in [0.25, 0.3) is 0 Å². The molecular formula is C14H14N2OS. The molecule has 0 aliphatic carbocycles. The lowest BCUT2D eigenvalue weighted by molar-refractivity contribution is -0.113. The molecule has 4 heteroatoms. The minimum absolute atomic E-state index is 0.0566. The predicted molar refractivity (Wildman–Crippen MR) is 75.5 cm³/mol. The van der Waals surface area contributed by atoms with Crippen molar-refractivity contribution in [3.8, 4) is 0 Å². The van der Waals surface area contributed by atoms with E-state index in [1.807, 2.05) is 36.6 Å². The summed E-state index contributed by atoms with van der Waals surface area (Å²) in [5.41, 5.74) is 8.24. The third kappa shape index (κ3) is 3.53. The number of carbonyl (C=O) groups is 1. The van der Waals surface area contributed by atoms with Gasteiger partial charge < -0.3 is 5.73 Å². The molecule has 1 aromatic heterocycles. The van der Waals surface area contributed by atoms with Gasteiger partial charge in [-0.25, -0.2) is 4.98 Å². The van der Waals surface area contributed by atoms with Crippen LogP contribution in [0.25, 0.3) is 6.08 Å². The first-order valence-electron chi connectivity index (χ1n) is 5.61. The van der Waals surface area contributed by atoms with Crippen molar-refractivity contribution in [1.82, 2.24) is 4.98 Å². The van der Waals surface area contributed by atoms with E-state index in [1.165, 1.54) is 11.3 Å². The van der Waals surface area contributed by atoms with Gasteiger partial charge in [0.1, 0.15) is 5.01 Å². The molecular weight excluding hydrogens is 244 g/mol. The van der Waals surface area contributed by atoms with Crippen LogP contribution in [0.3, 0.4) is 0 Å². The number of aromatic nitrogens is 1. The second-order valence-corrected chi connectivity index (χ2v) is 4.97. The molecule has 0 saturated heterocycles. The molecule has 0 aliphatic rings. The van der Waals surface area contributed by atoms with Crippen LogP contribution in [-0.4, -0.2) is 10.8 Å². The fourth-order valence-electron chi connectivity index (χ4n) is 1.49. The maximum absolute atomic E-state index is 11.7. The molecule has 18 heavy (non-hydrogen) atoms. The van der Waals surface area contributed by atoms with Crippen LogP contribution in [0.2, 0.25) is 0 Å². The number of anilines is 1. The van der Waals surface area contributed by atoms with Crippen LogP contribution >= 0.6 is 11.3 Å². The predicted octanol–water partition coefficient (Wildman–Crippen LogP) is 2.86. The molecule has 1 heterocycles. The lowest BCUT2D eigenvalue weighted by Gasteiger charge is -1.94. The highest BCUT2D eigenvalue weighted by atomic mass is 32.1. The number of allylic oxidation sites excluding steroid dienone is 1. The Kier molecular flexibility index (Phi) is 3.89. The number of nitrogens with two attached hydrogens (primary N) is 1. The number of carbonyl (C=O) groups excluding carboxylic acids is 1. The summed E-state index contributed by atoms with van der Waals surface area (Å²) >= 11 is 1.52. The number of nitrogens with zero attached hydrogens (tertiary/aromatic N) is 1. The second kappa shape index (κ2) is 5.60. The summed E-state index contributed by atoms with van der Waals surface area (Å²) in [6.45, 7) is 1.93. The van der Waals surface area contributed by atoms with E-state index in [0.29, 0.717) is 6.42 Å². The van der Waals surface area contributed by atoms with Crippen LogP contribution in [0.15, 0.2) is 35.7 Å². The summed E-state index contributed by atoms with van der Waals surface area (Å²) in [5.74, 6) is 0.0566. The first-order chi connectivity index (χ1) is 8.63. The average Bonchev–Trinajstić information content (AvgIpc) is 2.74. The second-order valence-electron chi connectivity index (χ2n) is 4.03. The van der Waals surface area contributed by atoms with E-state index in [2.05, 4.69) is 4.98 Å². The van der Waals surface area contributed by atoms with E-state index >= 15 is 0 Å². The van der Waals surface area contributed by atoms with Crippen LogP contribution < -0.4 is 5.73 Å². The largest absolute Gasteiger partial charge is 0.399 e.